The average Bonchev–Trinajstić information content (AvgIpc) is 1.81. The molecule has 1 rings (SSSR count). The largest absolute Gasteiger partial charge is 0.491 e. The van der Waals surface area contributed by atoms with Gasteiger partial charge in [-0.1, -0.05) is 6.07 Å². The van der Waals surface area contributed by atoms with Gasteiger partial charge in [0, 0.05) is 0 Å². The van der Waals surface area contributed by atoms with Crippen molar-refractivity contribution in [1.82, 2.24) is 0 Å². The quantitative estimate of drug-likeness (QED) is 0.652. The molecule has 0 saturated heterocycles. The first-order valence-electron chi connectivity index (χ1n) is 4.33. The van der Waals surface area contributed by atoms with Crippen molar-refractivity contribution in [3.63, 3.8) is 0 Å². The van der Waals surface area contributed by atoms with Crippen LogP contribution in [0.3, 0.4) is 0 Å². The van der Waals surface area contributed by atoms with E-state index >= 15 is 0 Å². The molecule has 1 aromatic rings. The molecule has 0 atom stereocenters. The number of hydrogen-bond donors (Lipinski definition) is 0. The lowest BCUT2D eigenvalue weighted by atomic mass is 10.1. The van der Waals surface area contributed by atoms with Crippen LogP contribution in [0.25, 0.3) is 0 Å². The summed E-state index contributed by atoms with van der Waals surface area (Å²) in [6, 6.07) is 6.27. The smallest absolute Gasteiger partial charge is 0.120 e. The van der Waals surface area contributed by atoms with Gasteiger partial charge in [-0.25, -0.2) is 0 Å². The van der Waals surface area contributed by atoms with E-state index in [1.54, 1.807) is 0 Å². The maximum atomic E-state index is 5.58. The number of ether oxygens (including phenoxy) is 1. The predicted octanol–water partition coefficient (Wildman–Crippen LogP) is 3.09. The SMILES string of the molecule is Cc1cc(C)cc(OC(C)C)c1. The lowest BCUT2D eigenvalue weighted by Crippen LogP contribution is -2.05. The molecule has 0 aliphatic heterocycles. The van der Waals surface area contributed by atoms with Gasteiger partial charge in [0.1, 0.15) is 5.75 Å². The molecule has 1 nitrogen and oxygen atoms in total. The molecule has 0 aliphatic rings. The van der Waals surface area contributed by atoms with Crippen LogP contribution in [0.5, 0.6) is 5.75 Å². The van der Waals surface area contributed by atoms with E-state index in [-0.39, 0.29) is 6.10 Å². The monoisotopic (exact) mass is 164 g/mol. The summed E-state index contributed by atoms with van der Waals surface area (Å²) in [5, 5.41) is 0. The number of aryl methyl sites for hydroxylation is 2. The highest BCUT2D eigenvalue weighted by Gasteiger charge is 1.98. The molecule has 0 aliphatic carbocycles. The highest BCUT2D eigenvalue weighted by Crippen LogP contribution is 2.17. The molecule has 1 heteroatoms. The Labute approximate surface area is 74.4 Å². The van der Waals surface area contributed by atoms with E-state index in [1.165, 1.54) is 11.1 Å². The van der Waals surface area contributed by atoms with Crippen LogP contribution in [-0.4, -0.2) is 6.10 Å². The molecule has 0 heterocycles. The molecule has 0 spiro atoms. The van der Waals surface area contributed by atoms with Gasteiger partial charge >= 0.3 is 0 Å². The summed E-state index contributed by atoms with van der Waals surface area (Å²) in [6.07, 6.45) is 0.256. The van der Waals surface area contributed by atoms with Gasteiger partial charge in [-0.3, -0.25) is 0 Å². The summed E-state index contributed by atoms with van der Waals surface area (Å²) < 4.78 is 5.58. The van der Waals surface area contributed by atoms with Crippen molar-refractivity contribution < 1.29 is 4.74 Å². The minimum absolute atomic E-state index is 0.256. The maximum Gasteiger partial charge on any atom is 0.120 e. The molecule has 0 unspecified atom stereocenters. The van der Waals surface area contributed by atoms with Gasteiger partial charge in [0.15, 0.2) is 0 Å². The van der Waals surface area contributed by atoms with E-state index in [1.807, 2.05) is 13.8 Å². The molecule has 12 heavy (non-hydrogen) atoms. The fourth-order valence-electron chi connectivity index (χ4n) is 1.27. The normalized spacial score (nSPS) is 10.4. The van der Waals surface area contributed by atoms with E-state index in [4.69, 9.17) is 4.74 Å². The second kappa shape index (κ2) is 3.61. The van der Waals surface area contributed by atoms with Gasteiger partial charge in [0.2, 0.25) is 0 Å². The molecule has 0 amide bonds. The van der Waals surface area contributed by atoms with E-state index in [0.29, 0.717) is 0 Å². The Morgan fingerprint density at radius 2 is 1.50 bits per heavy atom. The topological polar surface area (TPSA) is 9.23 Å². The lowest BCUT2D eigenvalue weighted by Gasteiger charge is -2.10. The van der Waals surface area contributed by atoms with Gasteiger partial charge in [0.05, 0.1) is 6.10 Å². The molecule has 0 fully saturated rings. The third-order valence-electron chi connectivity index (χ3n) is 1.57. The molecular formula is C11H16O. The summed E-state index contributed by atoms with van der Waals surface area (Å²) in [4.78, 5) is 0. The molecule has 0 saturated carbocycles. The van der Waals surface area contributed by atoms with Crippen molar-refractivity contribution in [2.24, 2.45) is 0 Å². The van der Waals surface area contributed by atoms with Gasteiger partial charge in [-0.05, 0) is 51.0 Å². The first-order valence-corrected chi connectivity index (χ1v) is 4.33. The third kappa shape index (κ3) is 2.57. The van der Waals surface area contributed by atoms with E-state index in [0.717, 1.165) is 5.75 Å². The van der Waals surface area contributed by atoms with Gasteiger partial charge < -0.3 is 4.74 Å². The average molecular weight is 164 g/mol. The highest BCUT2D eigenvalue weighted by molar-refractivity contribution is 5.33. The Balaban J connectivity index is 2.85. The Hall–Kier alpha value is -0.980. The fraction of sp³-hybridized carbons (Fsp3) is 0.455. The molecule has 0 bridgehead atoms. The van der Waals surface area contributed by atoms with E-state index in [2.05, 4.69) is 32.0 Å². The van der Waals surface area contributed by atoms with Crippen LogP contribution in [0.15, 0.2) is 18.2 Å². The zero-order chi connectivity index (χ0) is 9.14. The van der Waals surface area contributed by atoms with Crippen molar-refractivity contribution in [1.29, 1.82) is 0 Å². The summed E-state index contributed by atoms with van der Waals surface area (Å²) in [5.41, 5.74) is 2.51. The molecular weight excluding hydrogens is 148 g/mol. The first kappa shape index (κ1) is 9.11. The molecule has 66 valence electrons. The third-order valence-corrected chi connectivity index (χ3v) is 1.57. The van der Waals surface area contributed by atoms with E-state index in [9.17, 15) is 0 Å². The van der Waals surface area contributed by atoms with Crippen LogP contribution in [-0.2, 0) is 0 Å². The Bertz CT molecular complexity index is 243. The van der Waals surface area contributed by atoms with Crippen LogP contribution < -0.4 is 4.74 Å². The number of benzene rings is 1. The minimum atomic E-state index is 0.256. The lowest BCUT2D eigenvalue weighted by molar-refractivity contribution is 0.242. The Morgan fingerprint density at radius 1 is 1.00 bits per heavy atom. The summed E-state index contributed by atoms with van der Waals surface area (Å²) >= 11 is 0. The van der Waals surface area contributed by atoms with Crippen LogP contribution in [0, 0.1) is 13.8 Å². The fourth-order valence-corrected chi connectivity index (χ4v) is 1.27. The summed E-state index contributed by atoms with van der Waals surface area (Å²) in [7, 11) is 0. The van der Waals surface area contributed by atoms with Gasteiger partial charge in [-0.2, -0.15) is 0 Å². The Kier molecular flexibility index (Phi) is 2.74. The second-order valence-electron chi connectivity index (χ2n) is 3.49. The minimum Gasteiger partial charge on any atom is -0.491 e. The summed E-state index contributed by atoms with van der Waals surface area (Å²) in [6.45, 7) is 8.25. The Morgan fingerprint density at radius 3 is 1.92 bits per heavy atom. The van der Waals surface area contributed by atoms with Gasteiger partial charge in [-0.15, -0.1) is 0 Å². The molecule has 0 aromatic heterocycles. The van der Waals surface area contributed by atoms with Crippen LogP contribution >= 0.6 is 0 Å². The first-order chi connectivity index (χ1) is 5.58. The molecule has 1 aromatic carbocycles. The number of rotatable bonds is 2. The predicted molar refractivity (Wildman–Crippen MR) is 51.7 cm³/mol. The van der Waals surface area contributed by atoms with Crippen molar-refractivity contribution in [3.8, 4) is 5.75 Å². The van der Waals surface area contributed by atoms with Crippen LogP contribution in [0.4, 0.5) is 0 Å². The van der Waals surface area contributed by atoms with Crippen LogP contribution in [0.2, 0.25) is 0 Å². The zero-order valence-corrected chi connectivity index (χ0v) is 8.22. The zero-order valence-electron chi connectivity index (χ0n) is 8.22. The van der Waals surface area contributed by atoms with Crippen LogP contribution in [0.1, 0.15) is 25.0 Å². The number of hydrogen-bond acceptors (Lipinski definition) is 1. The van der Waals surface area contributed by atoms with Crippen molar-refractivity contribution in [2.75, 3.05) is 0 Å². The van der Waals surface area contributed by atoms with Crippen molar-refractivity contribution in [2.45, 2.75) is 33.8 Å². The standard InChI is InChI=1S/C11H16O/c1-8(2)12-11-6-9(3)5-10(4)7-11/h5-8H,1-4H3. The van der Waals surface area contributed by atoms with Gasteiger partial charge in [0.25, 0.3) is 0 Å². The maximum absolute atomic E-state index is 5.58. The highest BCUT2D eigenvalue weighted by atomic mass is 16.5. The molecule has 0 radical (unpaired) electrons. The molecule has 0 N–H and O–H groups in total. The van der Waals surface area contributed by atoms with Crippen molar-refractivity contribution >= 4 is 0 Å². The van der Waals surface area contributed by atoms with Crippen molar-refractivity contribution in [3.05, 3.63) is 29.3 Å². The summed E-state index contributed by atoms with van der Waals surface area (Å²) in [5.74, 6) is 0.975. The second-order valence-corrected chi connectivity index (χ2v) is 3.49. The van der Waals surface area contributed by atoms with E-state index < -0.39 is 0 Å².